The van der Waals surface area contributed by atoms with E-state index in [1.165, 1.54) is 0 Å². The molecule has 1 amide bonds. The zero-order valence-electron chi connectivity index (χ0n) is 12.0. The summed E-state index contributed by atoms with van der Waals surface area (Å²) in [7, 11) is 1.55. The summed E-state index contributed by atoms with van der Waals surface area (Å²) in [5, 5.41) is 3.87. The fourth-order valence-corrected chi connectivity index (χ4v) is 1.91. The lowest BCUT2D eigenvalue weighted by molar-refractivity contribution is -0.123. The molecule has 6 heteroatoms. The molecule has 0 fully saturated rings. The van der Waals surface area contributed by atoms with Gasteiger partial charge in [-0.05, 0) is 29.8 Å². The van der Waals surface area contributed by atoms with Gasteiger partial charge in [-0.2, -0.15) is 5.10 Å². The van der Waals surface area contributed by atoms with E-state index in [9.17, 15) is 4.79 Å². The number of nitrogens with one attached hydrogen (secondary N) is 1. The molecule has 114 valence electrons. The van der Waals surface area contributed by atoms with Crippen LogP contribution in [0.25, 0.3) is 0 Å². The molecule has 0 atom stereocenters. The maximum atomic E-state index is 11.7. The monoisotopic (exact) mass is 362 g/mol. The summed E-state index contributed by atoms with van der Waals surface area (Å²) in [5.74, 6) is 0.741. The van der Waals surface area contributed by atoms with Crippen LogP contribution in [0.15, 0.2) is 58.1 Å². The number of rotatable bonds is 6. The summed E-state index contributed by atoms with van der Waals surface area (Å²) in [6.07, 6.45) is 1.56. The van der Waals surface area contributed by atoms with E-state index in [0.717, 1.165) is 10.0 Å². The van der Waals surface area contributed by atoms with Crippen LogP contribution in [0.3, 0.4) is 0 Å². The van der Waals surface area contributed by atoms with Gasteiger partial charge < -0.3 is 9.47 Å². The Balaban J connectivity index is 1.82. The number of amides is 1. The molecule has 5 nitrogen and oxygen atoms in total. The van der Waals surface area contributed by atoms with Gasteiger partial charge in [-0.1, -0.05) is 40.2 Å². The van der Waals surface area contributed by atoms with Gasteiger partial charge in [-0.25, -0.2) is 5.43 Å². The normalized spacial score (nSPS) is 10.5. The summed E-state index contributed by atoms with van der Waals surface area (Å²) in [6.45, 7) is -0.141. The predicted molar refractivity (Wildman–Crippen MR) is 88.4 cm³/mol. The van der Waals surface area contributed by atoms with Crippen molar-refractivity contribution in [3.05, 3.63) is 58.6 Å². The van der Waals surface area contributed by atoms with Crippen molar-refractivity contribution in [3.63, 3.8) is 0 Å². The molecule has 0 radical (unpaired) electrons. The van der Waals surface area contributed by atoms with Gasteiger partial charge in [0.05, 0.1) is 13.3 Å². The van der Waals surface area contributed by atoms with Gasteiger partial charge in [-0.3, -0.25) is 4.79 Å². The quantitative estimate of drug-likeness (QED) is 0.634. The number of benzene rings is 2. The summed E-state index contributed by atoms with van der Waals surface area (Å²) >= 11 is 3.35. The Bertz CT molecular complexity index is 657. The average molecular weight is 363 g/mol. The minimum atomic E-state index is -0.348. The van der Waals surface area contributed by atoms with Crippen molar-refractivity contribution in [2.24, 2.45) is 5.10 Å². The zero-order valence-corrected chi connectivity index (χ0v) is 13.5. The first-order valence-electron chi connectivity index (χ1n) is 6.52. The summed E-state index contributed by atoms with van der Waals surface area (Å²) < 4.78 is 11.5. The third-order valence-electron chi connectivity index (χ3n) is 2.70. The molecule has 1 N–H and O–H groups in total. The van der Waals surface area contributed by atoms with Gasteiger partial charge in [0.2, 0.25) is 0 Å². The molecule has 0 aliphatic carbocycles. The van der Waals surface area contributed by atoms with Crippen LogP contribution in [0.2, 0.25) is 0 Å². The van der Waals surface area contributed by atoms with Crippen LogP contribution < -0.4 is 14.9 Å². The Morgan fingerprint density at radius 1 is 1.18 bits per heavy atom. The highest BCUT2D eigenvalue weighted by molar-refractivity contribution is 9.10. The van der Waals surface area contributed by atoms with Crippen molar-refractivity contribution in [1.82, 2.24) is 5.43 Å². The minimum absolute atomic E-state index is 0.141. The number of carbonyl (C=O) groups excluding carboxylic acids is 1. The third-order valence-corrected chi connectivity index (χ3v) is 3.23. The van der Waals surface area contributed by atoms with E-state index in [1.54, 1.807) is 31.5 Å². The summed E-state index contributed by atoms with van der Waals surface area (Å²) in [4.78, 5) is 11.7. The van der Waals surface area contributed by atoms with Gasteiger partial charge in [-0.15, -0.1) is 0 Å². The number of para-hydroxylation sites is 2. The molecule has 0 bridgehead atoms. The maximum absolute atomic E-state index is 11.7. The van der Waals surface area contributed by atoms with E-state index in [2.05, 4.69) is 26.5 Å². The lowest BCUT2D eigenvalue weighted by Gasteiger charge is -2.09. The minimum Gasteiger partial charge on any atom is -0.493 e. The second-order valence-corrected chi connectivity index (χ2v) is 5.20. The van der Waals surface area contributed by atoms with Gasteiger partial charge in [0, 0.05) is 4.47 Å². The molecule has 2 rings (SSSR count). The topological polar surface area (TPSA) is 59.9 Å². The third kappa shape index (κ3) is 4.89. The smallest absolute Gasteiger partial charge is 0.277 e. The number of halogens is 1. The first kappa shape index (κ1) is 16.0. The number of carbonyl (C=O) groups is 1. The van der Waals surface area contributed by atoms with E-state index in [0.29, 0.717) is 11.5 Å². The van der Waals surface area contributed by atoms with E-state index >= 15 is 0 Å². The highest BCUT2D eigenvalue weighted by Crippen LogP contribution is 2.25. The Kier molecular flexibility index (Phi) is 5.97. The Morgan fingerprint density at radius 3 is 2.55 bits per heavy atom. The highest BCUT2D eigenvalue weighted by Gasteiger charge is 2.05. The molecule has 2 aromatic rings. The molecule has 22 heavy (non-hydrogen) atoms. The number of hydrogen-bond acceptors (Lipinski definition) is 4. The Hall–Kier alpha value is -2.34. The summed E-state index contributed by atoms with van der Waals surface area (Å²) in [5.41, 5.74) is 3.29. The lowest BCUT2D eigenvalue weighted by atomic mass is 10.2. The Labute approximate surface area is 137 Å². The van der Waals surface area contributed by atoms with Crippen molar-refractivity contribution in [1.29, 1.82) is 0 Å². The first-order chi connectivity index (χ1) is 10.7. The highest BCUT2D eigenvalue weighted by atomic mass is 79.9. The average Bonchev–Trinajstić information content (AvgIpc) is 2.55. The molecule has 0 aliphatic heterocycles. The van der Waals surface area contributed by atoms with E-state index in [4.69, 9.17) is 9.47 Å². The lowest BCUT2D eigenvalue weighted by Crippen LogP contribution is -2.24. The SMILES string of the molecule is COc1ccccc1OCC(=O)N/N=C/c1ccc(Br)cc1. The van der Waals surface area contributed by atoms with Crippen molar-refractivity contribution < 1.29 is 14.3 Å². The predicted octanol–water partition coefficient (Wildman–Crippen LogP) is 2.99. The molecule has 0 unspecified atom stereocenters. The van der Waals surface area contributed by atoms with Crippen molar-refractivity contribution in [3.8, 4) is 11.5 Å². The van der Waals surface area contributed by atoms with E-state index < -0.39 is 0 Å². The number of hydrogen-bond donors (Lipinski definition) is 1. The zero-order chi connectivity index (χ0) is 15.8. The van der Waals surface area contributed by atoms with Crippen LogP contribution in [0.4, 0.5) is 0 Å². The molecule has 0 aromatic heterocycles. The molecule has 0 saturated heterocycles. The fraction of sp³-hybridized carbons (Fsp3) is 0.125. The molecular weight excluding hydrogens is 348 g/mol. The van der Waals surface area contributed by atoms with Crippen LogP contribution in [0.1, 0.15) is 5.56 Å². The van der Waals surface area contributed by atoms with Gasteiger partial charge in [0.25, 0.3) is 5.91 Å². The molecule has 0 heterocycles. The second-order valence-electron chi connectivity index (χ2n) is 4.28. The molecule has 0 spiro atoms. The number of hydrazone groups is 1. The van der Waals surface area contributed by atoms with Crippen LogP contribution in [-0.2, 0) is 4.79 Å². The second kappa shape index (κ2) is 8.19. The molecular formula is C16H15BrN2O3. The number of methoxy groups -OCH3 is 1. The van der Waals surface area contributed by atoms with Gasteiger partial charge >= 0.3 is 0 Å². The van der Waals surface area contributed by atoms with Crippen LogP contribution >= 0.6 is 15.9 Å². The van der Waals surface area contributed by atoms with Crippen LogP contribution in [0.5, 0.6) is 11.5 Å². The van der Waals surface area contributed by atoms with E-state index in [1.807, 2.05) is 30.3 Å². The first-order valence-corrected chi connectivity index (χ1v) is 7.31. The van der Waals surface area contributed by atoms with Gasteiger partial charge in [0.1, 0.15) is 0 Å². The van der Waals surface area contributed by atoms with Gasteiger partial charge in [0.15, 0.2) is 18.1 Å². The van der Waals surface area contributed by atoms with Crippen LogP contribution in [0, 0.1) is 0 Å². The summed E-state index contributed by atoms with van der Waals surface area (Å²) in [6, 6.07) is 14.7. The number of ether oxygens (including phenoxy) is 2. The van der Waals surface area contributed by atoms with Crippen LogP contribution in [-0.4, -0.2) is 25.8 Å². The number of nitrogens with zero attached hydrogens (tertiary/aromatic N) is 1. The van der Waals surface area contributed by atoms with Crippen molar-refractivity contribution in [2.45, 2.75) is 0 Å². The largest absolute Gasteiger partial charge is 0.493 e. The molecule has 0 aliphatic rings. The van der Waals surface area contributed by atoms with Crippen molar-refractivity contribution >= 4 is 28.1 Å². The Morgan fingerprint density at radius 2 is 1.86 bits per heavy atom. The maximum Gasteiger partial charge on any atom is 0.277 e. The molecule has 2 aromatic carbocycles. The fourth-order valence-electron chi connectivity index (χ4n) is 1.64. The van der Waals surface area contributed by atoms with E-state index in [-0.39, 0.29) is 12.5 Å². The standard InChI is InChI=1S/C16H15BrN2O3/c1-21-14-4-2-3-5-15(14)22-11-16(20)19-18-10-12-6-8-13(17)9-7-12/h2-10H,11H2,1H3,(H,19,20)/b18-10+. The van der Waals surface area contributed by atoms with Crippen molar-refractivity contribution in [2.75, 3.05) is 13.7 Å². The molecule has 0 saturated carbocycles.